The first-order valence-electron chi connectivity index (χ1n) is 38.7. The third-order valence-electron chi connectivity index (χ3n) is 22.8. The zero-order chi connectivity index (χ0) is 76.4. The molecule has 30 heteroatoms. The molecule has 0 spiro atoms. The van der Waals surface area contributed by atoms with Gasteiger partial charge in [0, 0.05) is 52.6 Å². The second-order valence-electron chi connectivity index (χ2n) is 30.8. The van der Waals surface area contributed by atoms with E-state index >= 15 is 0 Å². The number of aliphatic hydroxyl groups is 10. The summed E-state index contributed by atoms with van der Waals surface area (Å²) in [6.07, 6.45) is -13.0. The number of ketones is 2. The normalized spacial score (nSPS) is 39.5. The zero-order valence-corrected chi connectivity index (χ0v) is 62.8. The van der Waals surface area contributed by atoms with E-state index < -0.39 is 202 Å². The van der Waals surface area contributed by atoms with Crippen molar-refractivity contribution in [2.45, 2.75) is 369 Å². The first kappa shape index (κ1) is 87.6. The lowest BCUT2D eigenvalue weighted by Crippen LogP contribution is -2.67. The average Bonchev–Trinajstić information content (AvgIpc) is 0.780. The predicted molar refractivity (Wildman–Crippen MR) is 371 cm³/mol. The van der Waals surface area contributed by atoms with Crippen LogP contribution in [0.25, 0.3) is 0 Å². The monoisotopic (exact) mass is 1490 g/mol. The van der Waals surface area contributed by atoms with Crippen LogP contribution in [-0.2, 0) is 76.1 Å². The van der Waals surface area contributed by atoms with Crippen LogP contribution in [0.3, 0.4) is 0 Å². The van der Waals surface area contributed by atoms with Gasteiger partial charge in [-0.2, -0.15) is 0 Å². The molecule has 3 amide bonds. The van der Waals surface area contributed by atoms with E-state index in [4.69, 9.17) is 47.4 Å². The highest BCUT2D eigenvalue weighted by atomic mass is 16.7. The number of aliphatic carboxylic acids is 1. The van der Waals surface area contributed by atoms with Gasteiger partial charge in [-0.25, -0.2) is 4.79 Å². The van der Waals surface area contributed by atoms with Crippen LogP contribution in [0, 0.1) is 35.5 Å². The van der Waals surface area contributed by atoms with Gasteiger partial charge in [0.2, 0.25) is 11.8 Å². The number of ether oxygens (including phenoxy) is 10. The molecule has 0 bridgehead atoms. The second kappa shape index (κ2) is 42.0. The Hall–Kier alpha value is -3.58. The summed E-state index contributed by atoms with van der Waals surface area (Å²) in [5, 5.41) is 123. The Balaban J connectivity index is 0.000000291. The lowest BCUT2D eigenvalue weighted by molar-refractivity contribution is -0.338. The zero-order valence-electron chi connectivity index (χ0n) is 62.8. The minimum Gasteiger partial charge on any atom is -0.479 e. The molecule has 8 rings (SSSR count). The van der Waals surface area contributed by atoms with Gasteiger partial charge in [-0.1, -0.05) is 118 Å². The van der Waals surface area contributed by atoms with Gasteiger partial charge in [0.25, 0.3) is 5.91 Å². The van der Waals surface area contributed by atoms with E-state index in [1.54, 1.807) is 21.0 Å². The molecule has 12 unspecified atom stereocenters. The highest BCUT2D eigenvalue weighted by molar-refractivity contribution is 5.82. The third-order valence-corrected chi connectivity index (χ3v) is 22.8. The maximum atomic E-state index is 13.6. The van der Waals surface area contributed by atoms with E-state index in [0.29, 0.717) is 44.9 Å². The SMILES string of the molecule is CCCCC(=O)C1CC(CC)[C@@H](OC2O[C@@H](C)[C@H](O)C(O)[C@@H]2O)[C@H](O[C@@H]2O[C@@H](CO)[C@H](O)C(O[C@@H](CC3CCCCC3)C(=O)N(C)C)C2NC(C)=O)C1.CCCCC(=O)C1CC(CC)[C@@H](OC2O[C@@H](C)[C@H](O)C(O)[C@@H]2O)[C@H](O[C@@H]2O[C@@H](CO)[C@H](O)C(O[C@@H](CC3CCCCC3)C(=O)O)C2NC(C)=O)C1. The molecule has 0 aromatic heterocycles. The lowest BCUT2D eigenvalue weighted by Gasteiger charge is -2.49. The van der Waals surface area contributed by atoms with Gasteiger partial charge >= 0.3 is 5.97 Å². The van der Waals surface area contributed by atoms with Crippen LogP contribution in [0.5, 0.6) is 0 Å². The molecule has 30 nitrogen and oxygen atoms in total. The molecule has 4 saturated heterocycles. The predicted octanol–water partition coefficient (Wildman–Crippen LogP) is 2.35. The molecule has 4 heterocycles. The first-order valence-corrected chi connectivity index (χ1v) is 38.7. The van der Waals surface area contributed by atoms with Gasteiger partial charge in [-0.05, 0) is 88.9 Å². The maximum Gasteiger partial charge on any atom is 0.332 e. The van der Waals surface area contributed by atoms with Crippen molar-refractivity contribution in [1.82, 2.24) is 15.5 Å². The Labute approximate surface area is 612 Å². The minimum atomic E-state index is -1.60. The van der Waals surface area contributed by atoms with E-state index in [0.717, 1.165) is 89.9 Å². The van der Waals surface area contributed by atoms with E-state index in [1.807, 2.05) is 27.7 Å². The molecular formula is C74H127N3O27. The number of nitrogens with zero attached hydrogens (tertiary/aromatic N) is 1. The number of hydrogen-bond acceptors (Lipinski definition) is 26. The molecule has 0 aromatic rings. The summed E-state index contributed by atoms with van der Waals surface area (Å²) in [5.41, 5.74) is 0. The number of carboxylic acids is 1. The highest BCUT2D eigenvalue weighted by Crippen LogP contribution is 2.44. The molecule has 600 valence electrons. The van der Waals surface area contributed by atoms with Crippen LogP contribution in [0.15, 0.2) is 0 Å². The smallest absolute Gasteiger partial charge is 0.332 e. The van der Waals surface area contributed by atoms with Crippen molar-refractivity contribution < 1.29 is 132 Å². The Morgan fingerprint density at radius 1 is 0.471 bits per heavy atom. The van der Waals surface area contributed by atoms with E-state index in [9.17, 15) is 84.9 Å². The topological polar surface area (TPSA) is 445 Å². The quantitative estimate of drug-likeness (QED) is 0.0460. The van der Waals surface area contributed by atoms with Crippen molar-refractivity contribution in [3.63, 3.8) is 0 Å². The molecular weight excluding hydrogens is 1360 g/mol. The van der Waals surface area contributed by atoms with Crippen LogP contribution < -0.4 is 10.6 Å². The Kier molecular flexibility index (Phi) is 35.4. The fourth-order valence-electron chi connectivity index (χ4n) is 16.6. The van der Waals surface area contributed by atoms with E-state index in [2.05, 4.69) is 10.6 Å². The third kappa shape index (κ3) is 23.3. The van der Waals surface area contributed by atoms with Crippen molar-refractivity contribution >= 4 is 35.3 Å². The van der Waals surface area contributed by atoms with Gasteiger partial charge < -0.3 is 119 Å². The number of hydrogen-bond donors (Lipinski definition) is 13. The van der Waals surface area contributed by atoms with Crippen molar-refractivity contribution in [1.29, 1.82) is 0 Å². The summed E-state index contributed by atoms with van der Waals surface area (Å²) in [4.78, 5) is 79.7. The molecule has 0 radical (unpaired) electrons. The van der Waals surface area contributed by atoms with E-state index in [-0.39, 0.29) is 60.4 Å². The fourth-order valence-corrected chi connectivity index (χ4v) is 16.6. The van der Waals surface area contributed by atoms with Gasteiger partial charge in [0.1, 0.15) is 103 Å². The molecule has 8 aliphatic rings. The van der Waals surface area contributed by atoms with Gasteiger partial charge in [-0.3, -0.25) is 24.0 Å². The van der Waals surface area contributed by atoms with Gasteiger partial charge in [-0.15, -0.1) is 0 Å². The number of likely N-dealkylation sites (N-methyl/N-ethyl adjacent to an activating group) is 1. The van der Waals surface area contributed by atoms with Crippen LogP contribution >= 0.6 is 0 Å². The molecule has 8 fully saturated rings. The molecule has 0 aromatic carbocycles. The van der Waals surface area contributed by atoms with Crippen molar-refractivity contribution in [3.05, 3.63) is 0 Å². The number of nitrogens with one attached hydrogen (secondary N) is 2. The molecule has 104 heavy (non-hydrogen) atoms. The van der Waals surface area contributed by atoms with Gasteiger partial charge in [0.05, 0.1) is 49.8 Å². The fraction of sp³-hybridized carbons (Fsp3) is 0.919. The maximum absolute atomic E-state index is 13.6. The van der Waals surface area contributed by atoms with Gasteiger partial charge in [0.15, 0.2) is 31.3 Å². The second-order valence-corrected chi connectivity index (χ2v) is 30.8. The summed E-state index contributed by atoms with van der Waals surface area (Å²) in [7, 11) is 3.26. The van der Waals surface area contributed by atoms with Crippen molar-refractivity contribution in [2.75, 3.05) is 27.3 Å². The number of Topliss-reactive ketones (excluding diaryl/α,β-unsaturated/α-hetero) is 2. The molecule has 13 N–H and O–H groups in total. The first-order chi connectivity index (χ1) is 49.5. The number of carboxylic acid groups (broad SMARTS) is 1. The highest BCUT2D eigenvalue weighted by Gasteiger charge is 2.56. The number of rotatable bonds is 32. The number of aliphatic hydroxyl groups excluding tert-OH is 10. The van der Waals surface area contributed by atoms with Crippen LogP contribution in [0.4, 0.5) is 0 Å². The van der Waals surface area contributed by atoms with Crippen LogP contribution in [-0.4, -0.2) is 283 Å². The minimum absolute atomic E-state index is 0.0586. The Morgan fingerprint density at radius 2 is 0.846 bits per heavy atom. The van der Waals surface area contributed by atoms with Crippen LogP contribution in [0.1, 0.15) is 209 Å². The number of carbonyl (C=O) groups is 6. The molecule has 4 aliphatic heterocycles. The summed E-state index contributed by atoms with van der Waals surface area (Å²) < 4.78 is 62.6. The van der Waals surface area contributed by atoms with E-state index in [1.165, 1.54) is 25.7 Å². The van der Waals surface area contributed by atoms with Crippen LogP contribution in [0.2, 0.25) is 0 Å². The van der Waals surface area contributed by atoms with Crippen molar-refractivity contribution in [3.8, 4) is 0 Å². The number of carbonyl (C=O) groups excluding carboxylic acids is 5. The molecule has 4 aliphatic carbocycles. The summed E-state index contributed by atoms with van der Waals surface area (Å²) in [6, 6.07) is -2.39. The standard InChI is InChI=1S/C38H66N2O13.C36H61NO14/c1-7-9-15-25(43)24-17-23(8-2)34(53-38-33(47)32(46)30(44)20(3)49-38)26(18-24)51-37-29(39-21(4)42)35(31(45)28(19-41)52-37)50-27(36(48)40(5)6)16-22-13-11-10-12-14-22;1-5-7-13-23(40)22-15-21(6-2)32(51-36-31(44)30(43)28(41)18(3)47-36)24(16-22)49-35-27(37-19(4)39)33(29(42)26(17-38)50-35)48-25(34(45)46)14-20-11-9-8-10-12-20/h20,22-24,26-35,37-38,41,44-47H,7-19H2,1-6H3,(H,39,42);18,20-22,24-33,35-36,38,41-44H,5-17H2,1-4H3,(H,37,39)(H,45,46)/t20-,23?,24?,26+,27-,28-,29?,30-,31-,32?,33-,34+,35?,37+,38?;18-,21?,22?,24+,25-,26-,27?,28-,29-,30?,31-,32+,33?,35+,36?/m00/s1. The largest absolute Gasteiger partial charge is 0.479 e. The summed E-state index contributed by atoms with van der Waals surface area (Å²) in [5.74, 6) is -3.41. The summed E-state index contributed by atoms with van der Waals surface area (Å²) in [6.45, 7) is 12.2. The Morgan fingerprint density at radius 3 is 1.18 bits per heavy atom. The summed E-state index contributed by atoms with van der Waals surface area (Å²) >= 11 is 0. The molecule has 4 saturated carbocycles. The van der Waals surface area contributed by atoms with Crippen molar-refractivity contribution in [2.24, 2.45) is 35.5 Å². The lowest BCUT2D eigenvalue weighted by atomic mass is 9.74. The Bertz CT molecular complexity index is 2640. The number of amides is 3. The molecule has 30 atom stereocenters. The number of unbranched alkanes of at least 4 members (excludes halogenated alkanes) is 2. The average molecular weight is 1490 g/mol.